The lowest BCUT2D eigenvalue weighted by Gasteiger charge is -2.06. The van der Waals surface area contributed by atoms with E-state index in [0.717, 1.165) is 11.3 Å². The maximum atomic E-state index is 11.7. The second kappa shape index (κ2) is 4.82. The molecule has 0 aliphatic rings. The number of rotatable bonds is 2. The number of pyridine rings is 3. The summed E-state index contributed by atoms with van der Waals surface area (Å²) in [6, 6.07) is 6.68. The molecule has 0 aliphatic carbocycles. The fourth-order valence-electron chi connectivity index (χ4n) is 2.12. The summed E-state index contributed by atoms with van der Waals surface area (Å²) in [5.74, 6) is -1.27. The molecule has 0 saturated carbocycles. The highest BCUT2D eigenvalue weighted by molar-refractivity contribution is 5.97. The van der Waals surface area contributed by atoms with Gasteiger partial charge in [0.2, 0.25) is 0 Å². The van der Waals surface area contributed by atoms with Crippen molar-refractivity contribution in [3.63, 3.8) is 0 Å². The average molecular weight is 281 g/mol. The molecule has 3 aromatic rings. The van der Waals surface area contributed by atoms with Crippen LogP contribution in [0.15, 0.2) is 41.5 Å². The van der Waals surface area contributed by atoms with Gasteiger partial charge in [-0.25, -0.2) is 4.79 Å². The quantitative estimate of drug-likeness (QED) is 0.748. The lowest BCUT2D eigenvalue weighted by molar-refractivity contribution is 0.0695. The fraction of sp³-hybridized carbons (Fsp3) is 0.0667. The van der Waals surface area contributed by atoms with Crippen molar-refractivity contribution in [3.05, 3.63) is 58.3 Å². The summed E-state index contributed by atoms with van der Waals surface area (Å²) in [5.41, 5.74) is 1.81. The summed E-state index contributed by atoms with van der Waals surface area (Å²) in [4.78, 5) is 33.9. The zero-order valence-corrected chi connectivity index (χ0v) is 11.1. The smallest absolute Gasteiger partial charge is 0.341 e. The van der Waals surface area contributed by atoms with Crippen molar-refractivity contribution in [1.82, 2.24) is 15.0 Å². The van der Waals surface area contributed by atoms with Gasteiger partial charge in [-0.2, -0.15) is 0 Å². The number of aromatic amines is 1. The number of aryl methyl sites for hydroxylation is 1. The van der Waals surface area contributed by atoms with Gasteiger partial charge in [0.1, 0.15) is 5.56 Å². The summed E-state index contributed by atoms with van der Waals surface area (Å²) in [6.45, 7) is 1.88. The van der Waals surface area contributed by atoms with E-state index in [4.69, 9.17) is 5.11 Å². The number of nitrogens with one attached hydrogen (secondary N) is 1. The topological polar surface area (TPSA) is 95.9 Å². The molecule has 6 nitrogen and oxygen atoms in total. The predicted octanol–water partition coefficient (Wildman–Crippen LogP) is 1.99. The minimum absolute atomic E-state index is 0.308. The zero-order valence-electron chi connectivity index (χ0n) is 11.1. The van der Waals surface area contributed by atoms with Gasteiger partial charge in [0, 0.05) is 29.0 Å². The molecule has 3 aromatic heterocycles. The summed E-state index contributed by atoms with van der Waals surface area (Å²) in [5, 5.41) is 9.64. The van der Waals surface area contributed by atoms with E-state index in [1.54, 1.807) is 18.5 Å². The van der Waals surface area contributed by atoms with E-state index < -0.39 is 11.5 Å². The van der Waals surface area contributed by atoms with Crippen molar-refractivity contribution in [3.8, 4) is 11.3 Å². The van der Waals surface area contributed by atoms with E-state index in [2.05, 4.69) is 15.0 Å². The molecule has 0 fully saturated rings. The lowest BCUT2D eigenvalue weighted by Crippen LogP contribution is -2.17. The van der Waals surface area contributed by atoms with Crippen LogP contribution in [0.4, 0.5) is 0 Å². The summed E-state index contributed by atoms with van der Waals surface area (Å²) in [6.07, 6.45) is 3.23. The first-order chi connectivity index (χ1) is 10.1. The van der Waals surface area contributed by atoms with E-state index in [1.165, 1.54) is 6.07 Å². The van der Waals surface area contributed by atoms with E-state index in [0.29, 0.717) is 16.6 Å². The van der Waals surface area contributed by atoms with Gasteiger partial charge in [-0.3, -0.25) is 14.8 Å². The number of carboxylic acids is 1. The van der Waals surface area contributed by atoms with Crippen LogP contribution < -0.4 is 5.56 Å². The van der Waals surface area contributed by atoms with E-state index in [1.807, 2.05) is 19.1 Å². The number of aromatic nitrogens is 3. The van der Waals surface area contributed by atoms with Crippen molar-refractivity contribution in [2.24, 2.45) is 0 Å². The number of carbonyl (C=O) groups is 1. The van der Waals surface area contributed by atoms with Crippen LogP contribution in [0.2, 0.25) is 0 Å². The van der Waals surface area contributed by atoms with Gasteiger partial charge in [0.25, 0.3) is 5.56 Å². The Kier molecular flexibility index (Phi) is 2.98. The average Bonchev–Trinajstić information content (AvgIpc) is 2.46. The van der Waals surface area contributed by atoms with Gasteiger partial charge in [-0.15, -0.1) is 0 Å². The third kappa shape index (κ3) is 2.27. The molecule has 0 aliphatic heterocycles. The number of hydrogen-bond acceptors (Lipinski definition) is 4. The molecule has 0 bridgehead atoms. The summed E-state index contributed by atoms with van der Waals surface area (Å²) >= 11 is 0. The van der Waals surface area contributed by atoms with E-state index in [-0.39, 0.29) is 5.56 Å². The van der Waals surface area contributed by atoms with Crippen molar-refractivity contribution in [1.29, 1.82) is 0 Å². The molecule has 0 atom stereocenters. The first-order valence-electron chi connectivity index (χ1n) is 6.24. The molecule has 3 rings (SSSR count). The maximum absolute atomic E-state index is 11.7. The lowest BCUT2D eigenvalue weighted by atomic mass is 10.1. The monoisotopic (exact) mass is 281 g/mol. The number of hydrogen-bond donors (Lipinski definition) is 2. The molecule has 2 N–H and O–H groups in total. The molecular weight excluding hydrogens is 270 g/mol. The van der Waals surface area contributed by atoms with Gasteiger partial charge in [0.15, 0.2) is 0 Å². The Balaban J connectivity index is 2.33. The fourth-order valence-corrected chi connectivity index (χ4v) is 2.12. The Labute approximate surface area is 119 Å². The van der Waals surface area contributed by atoms with E-state index in [9.17, 15) is 9.59 Å². The minimum atomic E-state index is -1.27. The van der Waals surface area contributed by atoms with Gasteiger partial charge in [-0.1, -0.05) is 0 Å². The predicted molar refractivity (Wildman–Crippen MR) is 77.3 cm³/mol. The van der Waals surface area contributed by atoms with Gasteiger partial charge >= 0.3 is 5.97 Å². The van der Waals surface area contributed by atoms with Crippen LogP contribution >= 0.6 is 0 Å². The number of nitrogens with zero attached hydrogens (tertiary/aromatic N) is 2. The summed E-state index contributed by atoms with van der Waals surface area (Å²) in [7, 11) is 0. The number of H-pyrrole nitrogens is 1. The van der Waals surface area contributed by atoms with Crippen LogP contribution in [0.5, 0.6) is 0 Å². The van der Waals surface area contributed by atoms with Crippen LogP contribution in [0.1, 0.15) is 16.1 Å². The molecule has 0 radical (unpaired) electrons. The van der Waals surface area contributed by atoms with Crippen LogP contribution in [-0.2, 0) is 0 Å². The number of fused-ring (bicyclic) bond motifs is 1. The molecule has 0 aromatic carbocycles. The van der Waals surface area contributed by atoms with Crippen LogP contribution in [-0.4, -0.2) is 26.0 Å². The normalized spacial score (nSPS) is 10.7. The van der Waals surface area contributed by atoms with Crippen molar-refractivity contribution in [2.45, 2.75) is 6.92 Å². The highest BCUT2D eigenvalue weighted by Crippen LogP contribution is 2.24. The van der Waals surface area contributed by atoms with Crippen molar-refractivity contribution < 1.29 is 9.90 Å². The second-order valence-corrected chi connectivity index (χ2v) is 4.63. The number of carboxylic acid groups (broad SMARTS) is 1. The van der Waals surface area contributed by atoms with Crippen molar-refractivity contribution in [2.75, 3.05) is 0 Å². The molecule has 3 heterocycles. The molecule has 0 spiro atoms. The first kappa shape index (κ1) is 13.0. The second-order valence-electron chi connectivity index (χ2n) is 4.63. The Morgan fingerprint density at radius 2 is 2.05 bits per heavy atom. The molecule has 0 amide bonds. The maximum Gasteiger partial charge on any atom is 0.341 e. The van der Waals surface area contributed by atoms with Gasteiger partial charge < -0.3 is 10.1 Å². The zero-order chi connectivity index (χ0) is 15.0. The molecule has 0 unspecified atom stereocenters. The van der Waals surface area contributed by atoms with E-state index >= 15 is 0 Å². The standard InChI is InChI=1S/C15H11N3O3/c1-8-2-3-9(7-17-8)13-10-6-11(15(20)21)14(19)18-12(10)4-5-16-13/h2-7H,1H3,(H,18,19)(H,20,21). The highest BCUT2D eigenvalue weighted by atomic mass is 16.4. The highest BCUT2D eigenvalue weighted by Gasteiger charge is 2.13. The third-order valence-corrected chi connectivity index (χ3v) is 3.19. The van der Waals surface area contributed by atoms with Crippen LogP contribution in [0, 0.1) is 6.92 Å². The Bertz CT molecular complexity index is 898. The summed E-state index contributed by atoms with van der Waals surface area (Å²) < 4.78 is 0. The SMILES string of the molecule is Cc1ccc(-c2nccc3[nH]c(=O)c(C(=O)O)cc23)cn1. The molecule has 0 saturated heterocycles. The largest absolute Gasteiger partial charge is 0.477 e. The Hall–Kier alpha value is -3.02. The molecule has 6 heteroatoms. The molecule has 21 heavy (non-hydrogen) atoms. The van der Waals surface area contributed by atoms with Crippen LogP contribution in [0.3, 0.4) is 0 Å². The minimum Gasteiger partial charge on any atom is -0.477 e. The Morgan fingerprint density at radius 3 is 2.71 bits per heavy atom. The Morgan fingerprint density at radius 1 is 1.24 bits per heavy atom. The van der Waals surface area contributed by atoms with Gasteiger partial charge in [-0.05, 0) is 31.2 Å². The van der Waals surface area contributed by atoms with Crippen molar-refractivity contribution >= 4 is 16.9 Å². The molecule has 104 valence electrons. The van der Waals surface area contributed by atoms with Crippen LogP contribution in [0.25, 0.3) is 22.2 Å². The number of aromatic carboxylic acids is 1. The molecular formula is C15H11N3O3. The first-order valence-corrected chi connectivity index (χ1v) is 6.24. The van der Waals surface area contributed by atoms with Gasteiger partial charge in [0.05, 0.1) is 11.2 Å². The third-order valence-electron chi connectivity index (χ3n) is 3.19.